The first-order chi connectivity index (χ1) is 14.6. The summed E-state index contributed by atoms with van der Waals surface area (Å²) in [5.41, 5.74) is 2.09. The number of carbonyl (C=O) groups excluding carboxylic acids is 1. The normalized spacial score (nSPS) is 15.0. The lowest BCUT2D eigenvalue weighted by Gasteiger charge is -2.21. The van der Waals surface area contributed by atoms with Gasteiger partial charge >= 0.3 is 0 Å². The van der Waals surface area contributed by atoms with Crippen LogP contribution < -0.4 is 16.2 Å². The van der Waals surface area contributed by atoms with Gasteiger partial charge < -0.3 is 20.0 Å². The summed E-state index contributed by atoms with van der Waals surface area (Å²) in [6.45, 7) is 1.70. The van der Waals surface area contributed by atoms with E-state index < -0.39 is 0 Å². The monoisotopic (exact) mass is 422 g/mol. The number of piperidine rings is 1. The van der Waals surface area contributed by atoms with Crippen molar-refractivity contribution in [1.82, 2.24) is 15.3 Å². The number of anilines is 1. The molecule has 0 radical (unpaired) electrons. The van der Waals surface area contributed by atoms with E-state index in [9.17, 15) is 9.59 Å². The number of fused-ring (bicyclic) bond motifs is 3. The molecule has 2 aromatic heterocycles. The van der Waals surface area contributed by atoms with Gasteiger partial charge in [-0.05, 0) is 56.3 Å². The third kappa shape index (κ3) is 3.36. The number of halogens is 1. The minimum absolute atomic E-state index is 0.000460. The fourth-order valence-electron chi connectivity index (χ4n) is 3.84. The largest absolute Gasteiger partial charge is 0.449 e. The molecule has 152 valence electrons. The fourth-order valence-corrected chi connectivity index (χ4v) is 4.11. The molecule has 30 heavy (non-hydrogen) atoms. The molecule has 2 aromatic carbocycles. The number of para-hydroxylation sites is 1. The summed E-state index contributed by atoms with van der Waals surface area (Å²) in [5.74, 6) is 0.345. The number of amides is 1. The molecule has 1 fully saturated rings. The molecule has 3 heterocycles. The van der Waals surface area contributed by atoms with Gasteiger partial charge in [0, 0.05) is 22.6 Å². The molecule has 5 rings (SSSR count). The molecule has 3 N–H and O–H groups in total. The van der Waals surface area contributed by atoms with Crippen LogP contribution in [0.3, 0.4) is 0 Å². The average Bonchev–Trinajstić information content (AvgIpc) is 3.14. The van der Waals surface area contributed by atoms with Crippen LogP contribution in [0.2, 0.25) is 5.02 Å². The predicted molar refractivity (Wildman–Crippen MR) is 117 cm³/mol. The van der Waals surface area contributed by atoms with Crippen molar-refractivity contribution in [3.63, 3.8) is 0 Å². The molecule has 1 saturated heterocycles. The van der Waals surface area contributed by atoms with Gasteiger partial charge in [-0.1, -0.05) is 23.7 Å². The van der Waals surface area contributed by atoms with E-state index in [0.29, 0.717) is 33.2 Å². The van der Waals surface area contributed by atoms with E-state index in [4.69, 9.17) is 16.0 Å². The number of nitrogens with zero attached hydrogens (tertiary/aromatic N) is 1. The number of H-pyrrole nitrogens is 1. The summed E-state index contributed by atoms with van der Waals surface area (Å²) in [6, 6.07) is 12.5. The minimum Gasteiger partial charge on any atom is -0.449 e. The molecule has 0 bridgehead atoms. The number of rotatable bonds is 3. The summed E-state index contributed by atoms with van der Waals surface area (Å²) in [7, 11) is 0. The van der Waals surface area contributed by atoms with Crippen LogP contribution in [0.4, 0.5) is 5.69 Å². The Labute approximate surface area is 176 Å². The van der Waals surface area contributed by atoms with Crippen LogP contribution in [0.1, 0.15) is 12.8 Å². The zero-order chi connectivity index (χ0) is 20.7. The van der Waals surface area contributed by atoms with Gasteiger partial charge in [-0.15, -0.1) is 0 Å². The van der Waals surface area contributed by atoms with Crippen molar-refractivity contribution in [3.8, 4) is 11.4 Å². The number of benzene rings is 2. The predicted octanol–water partition coefficient (Wildman–Crippen LogP) is 3.93. The van der Waals surface area contributed by atoms with Crippen molar-refractivity contribution in [2.75, 3.05) is 18.4 Å². The topological polar surface area (TPSA) is 100 Å². The van der Waals surface area contributed by atoms with Gasteiger partial charge in [0.1, 0.15) is 16.9 Å². The summed E-state index contributed by atoms with van der Waals surface area (Å²) < 4.78 is 5.63. The van der Waals surface area contributed by atoms with E-state index >= 15 is 0 Å². The SMILES string of the molecule is O=C(Nc1ccc(-c2nc3c(oc4ccccc43)c(=O)[nH]2)c(Cl)c1)C1CCNCC1. The highest BCUT2D eigenvalue weighted by Crippen LogP contribution is 2.31. The van der Waals surface area contributed by atoms with Crippen molar-refractivity contribution < 1.29 is 9.21 Å². The molecule has 0 unspecified atom stereocenters. The zero-order valence-electron chi connectivity index (χ0n) is 16.0. The number of aromatic nitrogens is 2. The molecule has 0 saturated carbocycles. The fraction of sp³-hybridized carbons (Fsp3) is 0.227. The number of nitrogens with one attached hydrogen (secondary N) is 3. The van der Waals surface area contributed by atoms with E-state index in [1.54, 1.807) is 24.3 Å². The Morgan fingerprint density at radius 1 is 1.17 bits per heavy atom. The van der Waals surface area contributed by atoms with Gasteiger partial charge in [0.05, 0.1) is 5.02 Å². The van der Waals surface area contributed by atoms with Gasteiger partial charge in [-0.3, -0.25) is 9.59 Å². The Balaban J connectivity index is 1.48. The molecule has 1 aliphatic heterocycles. The van der Waals surface area contributed by atoms with Crippen LogP contribution >= 0.6 is 11.6 Å². The number of aromatic amines is 1. The zero-order valence-corrected chi connectivity index (χ0v) is 16.8. The van der Waals surface area contributed by atoms with Crippen molar-refractivity contribution in [3.05, 3.63) is 57.8 Å². The molecular weight excluding hydrogens is 404 g/mol. The highest BCUT2D eigenvalue weighted by molar-refractivity contribution is 6.33. The molecule has 0 spiro atoms. The highest BCUT2D eigenvalue weighted by Gasteiger charge is 2.21. The second-order valence-electron chi connectivity index (χ2n) is 7.40. The van der Waals surface area contributed by atoms with Crippen LogP contribution in [-0.2, 0) is 4.79 Å². The lowest BCUT2D eigenvalue weighted by Crippen LogP contribution is -2.34. The molecule has 0 aliphatic carbocycles. The molecule has 7 nitrogen and oxygen atoms in total. The van der Waals surface area contributed by atoms with Crippen LogP contribution in [0.25, 0.3) is 33.5 Å². The Kier molecular flexibility index (Phi) is 4.77. The van der Waals surface area contributed by atoms with E-state index in [1.165, 1.54) is 0 Å². The quantitative estimate of drug-likeness (QED) is 0.464. The van der Waals surface area contributed by atoms with Crippen LogP contribution in [0, 0.1) is 5.92 Å². The average molecular weight is 423 g/mol. The van der Waals surface area contributed by atoms with E-state index in [-0.39, 0.29) is 23.0 Å². The van der Waals surface area contributed by atoms with E-state index in [1.807, 2.05) is 18.2 Å². The number of furan rings is 1. The molecule has 1 amide bonds. The third-order valence-electron chi connectivity index (χ3n) is 5.43. The smallest absolute Gasteiger partial charge is 0.294 e. The second-order valence-corrected chi connectivity index (χ2v) is 7.81. The van der Waals surface area contributed by atoms with Crippen molar-refractivity contribution in [2.24, 2.45) is 5.92 Å². The molecular formula is C22H19ClN4O3. The Morgan fingerprint density at radius 2 is 1.97 bits per heavy atom. The van der Waals surface area contributed by atoms with Crippen LogP contribution in [-0.4, -0.2) is 29.0 Å². The Hall–Kier alpha value is -3.16. The summed E-state index contributed by atoms with van der Waals surface area (Å²) in [6.07, 6.45) is 1.64. The van der Waals surface area contributed by atoms with E-state index in [0.717, 1.165) is 31.3 Å². The lowest BCUT2D eigenvalue weighted by molar-refractivity contribution is -0.120. The van der Waals surface area contributed by atoms with E-state index in [2.05, 4.69) is 20.6 Å². The van der Waals surface area contributed by atoms with Crippen LogP contribution in [0.15, 0.2) is 51.7 Å². The molecule has 8 heteroatoms. The van der Waals surface area contributed by atoms with Gasteiger partial charge in [-0.25, -0.2) is 4.98 Å². The van der Waals surface area contributed by atoms with Gasteiger partial charge in [0.15, 0.2) is 0 Å². The summed E-state index contributed by atoms with van der Waals surface area (Å²) >= 11 is 6.48. The minimum atomic E-state index is -0.370. The Bertz CT molecular complexity index is 1320. The summed E-state index contributed by atoms with van der Waals surface area (Å²) in [5, 5.41) is 7.33. The second kappa shape index (κ2) is 7.59. The van der Waals surface area contributed by atoms with Gasteiger partial charge in [0.25, 0.3) is 5.56 Å². The summed E-state index contributed by atoms with van der Waals surface area (Å²) in [4.78, 5) is 32.3. The number of hydrogen-bond acceptors (Lipinski definition) is 5. The maximum absolute atomic E-state index is 12.5. The van der Waals surface area contributed by atoms with Crippen molar-refractivity contribution >= 4 is 45.3 Å². The lowest BCUT2D eigenvalue weighted by atomic mass is 9.97. The maximum Gasteiger partial charge on any atom is 0.294 e. The highest BCUT2D eigenvalue weighted by atomic mass is 35.5. The molecule has 1 aliphatic rings. The first-order valence-corrected chi connectivity index (χ1v) is 10.2. The maximum atomic E-state index is 12.5. The number of carbonyl (C=O) groups is 1. The van der Waals surface area contributed by atoms with Crippen molar-refractivity contribution in [1.29, 1.82) is 0 Å². The molecule has 0 atom stereocenters. The third-order valence-corrected chi connectivity index (χ3v) is 5.75. The first-order valence-electron chi connectivity index (χ1n) is 9.83. The molecule has 4 aromatic rings. The first kappa shape index (κ1) is 18.8. The number of hydrogen-bond donors (Lipinski definition) is 3. The van der Waals surface area contributed by atoms with Crippen LogP contribution in [0.5, 0.6) is 0 Å². The standard InChI is InChI=1S/C22H19ClN4O3/c23-16-11-13(25-21(28)12-7-9-24-10-8-12)5-6-14(16)20-26-18-15-3-1-2-4-17(15)30-19(18)22(29)27-20/h1-6,11-12,24H,7-10H2,(H,25,28)(H,26,27,29). The van der Waals surface area contributed by atoms with Gasteiger partial charge in [-0.2, -0.15) is 0 Å². The van der Waals surface area contributed by atoms with Gasteiger partial charge in [0.2, 0.25) is 11.5 Å². The van der Waals surface area contributed by atoms with Crippen molar-refractivity contribution in [2.45, 2.75) is 12.8 Å². The Morgan fingerprint density at radius 3 is 2.77 bits per heavy atom.